The van der Waals surface area contributed by atoms with Crippen LogP contribution in [0.1, 0.15) is 31.7 Å². The lowest BCUT2D eigenvalue weighted by Gasteiger charge is -2.39. The van der Waals surface area contributed by atoms with Gasteiger partial charge in [0, 0.05) is 12.2 Å². The van der Waals surface area contributed by atoms with Gasteiger partial charge in [0.25, 0.3) is 0 Å². The molecule has 0 aromatic heterocycles. The first kappa shape index (κ1) is 12.9. The summed E-state index contributed by atoms with van der Waals surface area (Å²) < 4.78 is 0. The summed E-state index contributed by atoms with van der Waals surface area (Å²) in [6.07, 6.45) is 0.142. The fourth-order valence-corrected chi connectivity index (χ4v) is 2.53. The predicted octanol–water partition coefficient (Wildman–Crippen LogP) is 1.83. The molecule has 0 spiro atoms. The minimum atomic E-state index is -0.771. The van der Waals surface area contributed by atoms with Gasteiger partial charge in [-0.1, -0.05) is 18.2 Å². The maximum atomic E-state index is 11.3. The van der Waals surface area contributed by atoms with E-state index in [0.29, 0.717) is 13.0 Å². The van der Waals surface area contributed by atoms with Crippen LogP contribution in [-0.4, -0.2) is 34.9 Å². The molecule has 0 saturated carbocycles. The Morgan fingerprint density at radius 3 is 2.67 bits per heavy atom. The molecule has 3 atom stereocenters. The monoisotopic (exact) mass is 249 g/mol. The lowest BCUT2D eigenvalue weighted by atomic mass is 9.89. The molecule has 0 saturated heterocycles. The van der Waals surface area contributed by atoms with Gasteiger partial charge in [-0.2, -0.15) is 0 Å². The van der Waals surface area contributed by atoms with E-state index in [1.807, 2.05) is 31.2 Å². The number of nitrogens with zero attached hydrogens (tertiary/aromatic N) is 1. The summed E-state index contributed by atoms with van der Waals surface area (Å²) >= 11 is 0. The number of rotatable bonds is 3. The smallest absolute Gasteiger partial charge is 0.311 e. The number of anilines is 1. The zero-order valence-electron chi connectivity index (χ0n) is 10.7. The quantitative estimate of drug-likeness (QED) is 0.858. The molecule has 4 heteroatoms. The summed E-state index contributed by atoms with van der Waals surface area (Å²) in [6.45, 7) is 4.39. The standard InChI is InChI=1S/C14H19NO3/c1-9(10(2)16)15-8-7-12(14(17)18)11-5-3-4-6-13(11)15/h3-6,9-10,12,16H,7-8H2,1-2H3,(H,17,18). The van der Waals surface area contributed by atoms with Crippen LogP contribution in [0.4, 0.5) is 5.69 Å². The summed E-state index contributed by atoms with van der Waals surface area (Å²) in [4.78, 5) is 13.4. The highest BCUT2D eigenvalue weighted by Gasteiger charge is 2.32. The van der Waals surface area contributed by atoms with E-state index in [9.17, 15) is 15.0 Å². The van der Waals surface area contributed by atoms with Crippen LogP contribution in [0, 0.1) is 0 Å². The second-order valence-corrected chi connectivity index (χ2v) is 4.91. The van der Waals surface area contributed by atoms with Crippen molar-refractivity contribution in [1.29, 1.82) is 0 Å². The Labute approximate surface area is 107 Å². The zero-order valence-corrected chi connectivity index (χ0v) is 10.7. The Morgan fingerprint density at radius 2 is 2.06 bits per heavy atom. The number of benzene rings is 1. The van der Waals surface area contributed by atoms with Gasteiger partial charge in [-0.3, -0.25) is 4.79 Å². The highest BCUT2D eigenvalue weighted by Crippen LogP contribution is 2.36. The molecule has 0 amide bonds. The number of aliphatic carboxylic acids is 1. The second-order valence-electron chi connectivity index (χ2n) is 4.91. The highest BCUT2D eigenvalue weighted by atomic mass is 16.4. The van der Waals surface area contributed by atoms with Crippen molar-refractivity contribution in [3.05, 3.63) is 29.8 Å². The molecular weight excluding hydrogens is 230 g/mol. The molecule has 0 aliphatic carbocycles. The molecule has 1 aliphatic rings. The van der Waals surface area contributed by atoms with Crippen LogP contribution < -0.4 is 4.90 Å². The molecule has 1 heterocycles. The van der Waals surface area contributed by atoms with E-state index in [-0.39, 0.29) is 6.04 Å². The van der Waals surface area contributed by atoms with Crippen molar-refractivity contribution in [2.45, 2.75) is 38.3 Å². The topological polar surface area (TPSA) is 60.8 Å². The van der Waals surface area contributed by atoms with Crippen LogP contribution in [0.3, 0.4) is 0 Å². The third-order valence-electron chi connectivity index (χ3n) is 3.77. The molecule has 1 aromatic rings. The third kappa shape index (κ3) is 2.20. The minimum absolute atomic E-state index is 0.0131. The minimum Gasteiger partial charge on any atom is -0.481 e. The summed E-state index contributed by atoms with van der Waals surface area (Å²) in [5.41, 5.74) is 1.79. The van der Waals surface area contributed by atoms with Crippen molar-refractivity contribution < 1.29 is 15.0 Å². The maximum absolute atomic E-state index is 11.3. The van der Waals surface area contributed by atoms with Crippen LogP contribution in [-0.2, 0) is 4.79 Å². The average molecular weight is 249 g/mol. The lowest BCUT2D eigenvalue weighted by Crippen LogP contribution is -2.44. The summed E-state index contributed by atoms with van der Waals surface area (Å²) in [7, 11) is 0. The number of para-hydroxylation sites is 1. The van der Waals surface area contributed by atoms with Gasteiger partial charge in [-0.15, -0.1) is 0 Å². The average Bonchev–Trinajstić information content (AvgIpc) is 2.36. The van der Waals surface area contributed by atoms with Gasteiger partial charge >= 0.3 is 5.97 Å². The lowest BCUT2D eigenvalue weighted by molar-refractivity contribution is -0.139. The van der Waals surface area contributed by atoms with E-state index in [2.05, 4.69) is 4.90 Å². The Bertz CT molecular complexity index is 444. The summed E-state index contributed by atoms with van der Waals surface area (Å²) in [6, 6.07) is 7.56. The predicted molar refractivity (Wildman–Crippen MR) is 69.9 cm³/mol. The van der Waals surface area contributed by atoms with Crippen LogP contribution in [0.25, 0.3) is 0 Å². The first-order valence-corrected chi connectivity index (χ1v) is 6.28. The molecule has 18 heavy (non-hydrogen) atoms. The molecule has 4 nitrogen and oxygen atoms in total. The number of hydrogen-bond acceptors (Lipinski definition) is 3. The van der Waals surface area contributed by atoms with Gasteiger partial charge in [0.1, 0.15) is 0 Å². The first-order valence-electron chi connectivity index (χ1n) is 6.28. The number of carboxylic acids is 1. The number of aliphatic hydroxyl groups is 1. The molecule has 98 valence electrons. The molecule has 1 aromatic carbocycles. The zero-order chi connectivity index (χ0) is 13.3. The SMILES string of the molecule is CC(O)C(C)N1CCC(C(=O)O)c2ccccc21. The van der Waals surface area contributed by atoms with Gasteiger partial charge in [-0.25, -0.2) is 0 Å². The molecule has 0 bridgehead atoms. The van der Waals surface area contributed by atoms with Gasteiger partial charge in [0.2, 0.25) is 0 Å². The molecule has 3 unspecified atom stereocenters. The molecule has 1 aliphatic heterocycles. The third-order valence-corrected chi connectivity index (χ3v) is 3.77. The summed E-state index contributed by atoms with van der Waals surface area (Å²) in [5, 5.41) is 19.0. The molecular formula is C14H19NO3. The highest BCUT2D eigenvalue weighted by molar-refractivity contribution is 5.80. The van der Waals surface area contributed by atoms with Crippen molar-refractivity contribution in [3.63, 3.8) is 0 Å². The van der Waals surface area contributed by atoms with Crippen LogP contribution in [0.2, 0.25) is 0 Å². The van der Waals surface area contributed by atoms with Crippen molar-refractivity contribution in [2.24, 2.45) is 0 Å². The van der Waals surface area contributed by atoms with Gasteiger partial charge < -0.3 is 15.1 Å². The van der Waals surface area contributed by atoms with Gasteiger partial charge in [0.05, 0.1) is 18.1 Å². The largest absolute Gasteiger partial charge is 0.481 e. The van der Waals surface area contributed by atoms with Crippen molar-refractivity contribution >= 4 is 11.7 Å². The fraction of sp³-hybridized carbons (Fsp3) is 0.500. The van der Waals surface area contributed by atoms with E-state index >= 15 is 0 Å². The number of fused-ring (bicyclic) bond motifs is 1. The van der Waals surface area contributed by atoms with Crippen LogP contribution in [0.15, 0.2) is 24.3 Å². The number of carboxylic acid groups (broad SMARTS) is 1. The van der Waals surface area contributed by atoms with Crippen LogP contribution in [0.5, 0.6) is 0 Å². The van der Waals surface area contributed by atoms with E-state index < -0.39 is 18.0 Å². The molecule has 2 N–H and O–H groups in total. The van der Waals surface area contributed by atoms with Crippen molar-refractivity contribution in [1.82, 2.24) is 0 Å². The fourth-order valence-electron chi connectivity index (χ4n) is 2.53. The summed E-state index contributed by atoms with van der Waals surface area (Å²) in [5.74, 6) is -1.20. The van der Waals surface area contributed by atoms with Gasteiger partial charge in [0.15, 0.2) is 0 Å². The Morgan fingerprint density at radius 1 is 1.39 bits per heavy atom. The molecule has 0 radical (unpaired) electrons. The number of aliphatic hydroxyl groups excluding tert-OH is 1. The van der Waals surface area contributed by atoms with E-state index in [1.54, 1.807) is 6.92 Å². The Balaban J connectivity index is 2.39. The maximum Gasteiger partial charge on any atom is 0.311 e. The van der Waals surface area contributed by atoms with Crippen LogP contribution >= 0.6 is 0 Å². The Hall–Kier alpha value is -1.55. The molecule has 0 fully saturated rings. The number of carbonyl (C=O) groups is 1. The second kappa shape index (κ2) is 4.98. The Kier molecular flexibility index (Phi) is 3.57. The van der Waals surface area contributed by atoms with Gasteiger partial charge in [-0.05, 0) is 31.9 Å². The van der Waals surface area contributed by atoms with E-state index in [4.69, 9.17) is 0 Å². The molecule has 2 rings (SSSR count). The van der Waals surface area contributed by atoms with Crippen molar-refractivity contribution in [3.8, 4) is 0 Å². The number of hydrogen-bond donors (Lipinski definition) is 2. The first-order chi connectivity index (χ1) is 8.52. The normalized spacial score (nSPS) is 22.2. The van der Waals surface area contributed by atoms with E-state index in [0.717, 1.165) is 11.3 Å². The van der Waals surface area contributed by atoms with E-state index in [1.165, 1.54) is 0 Å². The van der Waals surface area contributed by atoms with Crippen molar-refractivity contribution in [2.75, 3.05) is 11.4 Å².